The number of benzene rings is 3. The van der Waals surface area contributed by atoms with Crippen LogP contribution in [0.25, 0.3) is 21.2 Å². The maximum absolute atomic E-state index is 13.6. The van der Waals surface area contributed by atoms with Crippen molar-refractivity contribution in [2.75, 3.05) is 11.9 Å². The summed E-state index contributed by atoms with van der Waals surface area (Å²) in [6.07, 6.45) is 0. The van der Waals surface area contributed by atoms with E-state index in [1.807, 2.05) is 48.7 Å². The van der Waals surface area contributed by atoms with Gasteiger partial charge in [-0.05, 0) is 53.9 Å². The number of carbonyl (C=O) groups excluding carboxylic acids is 1. The second kappa shape index (κ2) is 8.47. The lowest BCUT2D eigenvalue weighted by Crippen LogP contribution is -2.07. The Morgan fingerprint density at radius 1 is 1.10 bits per heavy atom. The van der Waals surface area contributed by atoms with E-state index in [4.69, 9.17) is 4.74 Å². The van der Waals surface area contributed by atoms with Crippen LogP contribution in [0.3, 0.4) is 0 Å². The molecule has 0 fully saturated rings. The van der Waals surface area contributed by atoms with Crippen LogP contribution < -0.4 is 4.74 Å². The van der Waals surface area contributed by atoms with Crippen LogP contribution in [0.15, 0.2) is 66.0 Å². The van der Waals surface area contributed by atoms with E-state index in [-0.39, 0.29) is 11.6 Å². The summed E-state index contributed by atoms with van der Waals surface area (Å²) in [6, 6.07) is 17.9. The number of hydrogen-bond acceptors (Lipinski definition) is 3. The molecule has 2 nitrogen and oxygen atoms in total. The van der Waals surface area contributed by atoms with Gasteiger partial charge in [0.15, 0.2) is 5.78 Å². The van der Waals surface area contributed by atoms with Crippen LogP contribution in [0.4, 0.5) is 4.39 Å². The standard InChI is InChI=1S/C24H18BrFO2S/c1-15-12-18(28-11-10-25)13-20(16-6-8-17(26)9-7-16)23(15)24(27)21-14-29-22-5-3-2-4-19(21)22/h2-9,12-14H,10-11H2,1H3. The molecule has 0 spiro atoms. The Morgan fingerprint density at radius 2 is 1.86 bits per heavy atom. The number of ketones is 1. The Morgan fingerprint density at radius 3 is 2.62 bits per heavy atom. The molecule has 0 amide bonds. The first kappa shape index (κ1) is 19.8. The van der Waals surface area contributed by atoms with Gasteiger partial charge in [0, 0.05) is 31.9 Å². The second-order valence-electron chi connectivity index (χ2n) is 6.68. The minimum Gasteiger partial charge on any atom is -0.493 e. The Labute approximate surface area is 181 Å². The van der Waals surface area contributed by atoms with Gasteiger partial charge in [0.25, 0.3) is 0 Å². The largest absolute Gasteiger partial charge is 0.493 e. The van der Waals surface area contributed by atoms with Gasteiger partial charge < -0.3 is 4.74 Å². The third kappa shape index (κ3) is 3.98. The average molecular weight is 469 g/mol. The summed E-state index contributed by atoms with van der Waals surface area (Å²) in [5.74, 6) is 0.341. The smallest absolute Gasteiger partial charge is 0.195 e. The van der Waals surface area contributed by atoms with Crippen LogP contribution in [0.5, 0.6) is 5.75 Å². The summed E-state index contributed by atoms with van der Waals surface area (Å²) in [5.41, 5.74) is 3.66. The predicted molar refractivity (Wildman–Crippen MR) is 121 cm³/mol. The number of fused-ring (bicyclic) bond motifs is 1. The summed E-state index contributed by atoms with van der Waals surface area (Å²) in [4.78, 5) is 13.6. The van der Waals surface area contributed by atoms with E-state index in [0.717, 1.165) is 26.8 Å². The molecule has 0 aliphatic rings. The highest BCUT2D eigenvalue weighted by atomic mass is 79.9. The van der Waals surface area contributed by atoms with Crippen LogP contribution in [-0.2, 0) is 0 Å². The molecular weight excluding hydrogens is 451 g/mol. The van der Waals surface area contributed by atoms with Gasteiger partial charge in [-0.1, -0.05) is 46.3 Å². The van der Waals surface area contributed by atoms with Gasteiger partial charge in [-0.2, -0.15) is 0 Å². The first-order valence-corrected chi connectivity index (χ1v) is 11.2. The molecule has 0 radical (unpaired) electrons. The molecule has 4 rings (SSSR count). The summed E-state index contributed by atoms with van der Waals surface area (Å²) in [7, 11) is 0. The predicted octanol–water partition coefficient (Wildman–Crippen LogP) is 7.02. The van der Waals surface area contributed by atoms with E-state index in [1.54, 1.807) is 23.5 Å². The van der Waals surface area contributed by atoms with E-state index < -0.39 is 0 Å². The summed E-state index contributed by atoms with van der Waals surface area (Å²) >= 11 is 4.92. The monoisotopic (exact) mass is 468 g/mol. The fourth-order valence-electron chi connectivity index (χ4n) is 3.44. The van der Waals surface area contributed by atoms with Crippen molar-refractivity contribution in [2.24, 2.45) is 0 Å². The number of ether oxygens (including phenoxy) is 1. The summed E-state index contributed by atoms with van der Waals surface area (Å²) in [6.45, 7) is 2.43. The molecule has 1 heterocycles. The lowest BCUT2D eigenvalue weighted by molar-refractivity contribution is 0.104. The zero-order valence-electron chi connectivity index (χ0n) is 15.7. The molecule has 0 N–H and O–H groups in total. The summed E-state index contributed by atoms with van der Waals surface area (Å²) < 4.78 is 20.4. The van der Waals surface area contributed by atoms with E-state index >= 15 is 0 Å². The molecule has 0 atom stereocenters. The molecule has 3 aromatic carbocycles. The molecule has 0 bridgehead atoms. The molecule has 1 aromatic heterocycles. The Hall–Kier alpha value is -2.50. The molecule has 5 heteroatoms. The van der Waals surface area contributed by atoms with Gasteiger partial charge in [0.2, 0.25) is 0 Å². The number of halogens is 2. The molecule has 0 aliphatic carbocycles. The van der Waals surface area contributed by atoms with E-state index in [1.165, 1.54) is 12.1 Å². The van der Waals surface area contributed by atoms with Crippen LogP contribution in [0, 0.1) is 12.7 Å². The minimum absolute atomic E-state index is 0.0358. The number of hydrogen-bond donors (Lipinski definition) is 0. The van der Waals surface area contributed by atoms with E-state index in [0.29, 0.717) is 28.8 Å². The van der Waals surface area contributed by atoms with Gasteiger partial charge >= 0.3 is 0 Å². The normalized spacial score (nSPS) is 11.0. The van der Waals surface area contributed by atoms with Crippen molar-refractivity contribution in [1.29, 1.82) is 0 Å². The van der Waals surface area contributed by atoms with Gasteiger partial charge in [0.05, 0.1) is 6.61 Å². The number of alkyl halides is 1. The fraction of sp³-hybridized carbons (Fsp3) is 0.125. The quantitative estimate of drug-likeness (QED) is 0.224. The van der Waals surface area contributed by atoms with E-state index in [9.17, 15) is 9.18 Å². The van der Waals surface area contributed by atoms with Gasteiger partial charge in [-0.3, -0.25) is 4.79 Å². The molecular formula is C24H18BrFO2S. The molecule has 0 aliphatic heterocycles. The van der Waals surface area contributed by atoms with Crippen molar-refractivity contribution in [3.05, 3.63) is 88.6 Å². The van der Waals surface area contributed by atoms with Gasteiger partial charge in [0.1, 0.15) is 11.6 Å². The maximum atomic E-state index is 13.6. The van der Waals surface area contributed by atoms with Crippen LogP contribution in [0.1, 0.15) is 21.5 Å². The first-order valence-electron chi connectivity index (χ1n) is 9.19. The van der Waals surface area contributed by atoms with Crippen molar-refractivity contribution in [1.82, 2.24) is 0 Å². The average Bonchev–Trinajstić information content (AvgIpc) is 3.16. The Balaban J connectivity index is 1.89. The lowest BCUT2D eigenvalue weighted by Gasteiger charge is -2.15. The molecule has 29 heavy (non-hydrogen) atoms. The number of thiophene rings is 1. The van der Waals surface area contributed by atoms with Gasteiger partial charge in [-0.25, -0.2) is 4.39 Å². The van der Waals surface area contributed by atoms with Crippen LogP contribution in [0.2, 0.25) is 0 Å². The molecule has 0 saturated heterocycles. The Bertz CT molecular complexity index is 1180. The van der Waals surface area contributed by atoms with Crippen molar-refractivity contribution in [2.45, 2.75) is 6.92 Å². The highest BCUT2D eigenvalue weighted by Gasteiger charge is 2.21. The van der Waals surface area contributed by atoms with E-state index in [2.05, 4.69) is 15.9 Å². The SMILES string of the molecule is Cc1cc(OCCBr)cc(-c2ccc(F)cc2)c1C(=O)c1csc2ccccc12. The third-order valence-corrected chi connectivity index (χ3v) is 6.05. The fourth-order valence-corrected chi connectivity index (χ4v) is 4.54. The maximum Gasteiger partial charge on any atom is 0.195 e. The minimum atomic E-state index is -0.311. The molecule has 146 valence electrons. The molecule has 4 aromatic rings. The van der Waals surface area contributed by atoms with Gasteiger partial charge in [-0.15, -0.1) is 11.3 Å². The highest BCUT2D eigenvalue weighted by Crippen LogP contribution is 2.35. The van der Waals surface area contributed by atoms with Crippen molar-refractivity contribution in [3.8, 4) is 16.9 Å². The second-order valence-corrected chi connectivity index (χ2v) is 8.39. The first-order chi connectivity index (χ1) is 14.1. The number of aryl methyl sites for hydroxylation is 1. The zero-order chi connectivity index (χ0) is 20.4. The molecule has 0 unspecified atom stereocenters. The van der Waals surface area contributed by atoms with Crippen molar-refractivity contribution in [3.63, 3.8) is 0 Å². The van der Waals surface area contributed by atoms with Crippen molar-refractivity contribution >= 4 is 43.1 Å². The Kier molecular flexibility index (Phi) is 5.79. The topological polar surface area (TPSA) is 26.3 Å². The lowest BCUT2D eigenvalue weighted by atomic mass is 9.90. The van der Waals surface area contributed by atoms with Crippen LogP contribution >= 0.6 is 27.3 Å². The van der Waals surface area contributed by atoms with Crippen molar-refractivity contribution < 1.29 is 13.9 Å². The zero-order valence-corrected chi connectivity index (χ0v) is 18.1. The summed E-state index contributed by atoms with van der Waals surface area (Å²) in [5, 5.41) is 3.57. The third-order valence-electron chi connectivity index (χ3n) is 4.76. The van der Waals surface area contributed by atoms with Crippen LogP contribution in [-0.4, -0.2) is 17.7 Å². The molecule has 0 saturated carbocycles. The number of carbonyl (C=O) groups is 1. The highest BCUT2D eigenvalue weighted by molar-refractivity contribution is 9.09. The number of rotatable bonds is 6.